The Morgan fingerprint density at radius 1 is 0.964 bits per heavy atom. The zero-order chi connectivity index (χ0) is 20.1. The summed E-state index contributed by atoms with van der Waals surface area (Å²) in [4.78, 5) is 16.8. The monoisotopic (exact) mass is 422 g/mol. The Labute approximate surface area is 175 Å². The molecular weight excluding hydrogens is 399 g/mol. The molecule has 150 valence electrons. The lowest BCUT2D eigenvalue weighted by Gasteiger charge is -2.35. The molecule has 7 heteroatoms. The molecule has 1 heterocycles. The molecule has 1 saturated heterocycles. The Morgan fingerprint density at radius 2 is 1.71 bits per heavy atom. The van der Waals surface area contributed by atoms with Crippen LogP contribution < -0.4 is 9.47 Å². The van der Waals surface area contributed by atoms with Crippen LogP contribution in [0.1, 0.15) is 11.1 Å². The van der Waals surface area contributed by atoms with Crippen LogP contribution >= 0.6 is 23.2 Å². The van der Waals surface area contributed by atoms with Crippen LogP contribution in [-0.2, 0) is 17.8 Å². The van der Waals surface area contributed by atoms with Gasteiger partial charge in [0.05, 0.1) is 20.6 Å². The number of benzene rings is 2. The molecule has 1 amide bonds. The summed E-state index contributed by atoms with van der Waals surface area (Å²) in [6, 6.07) is 11.1. The number of nitrogens with zero attached hydrogens (tertiary/aromatic N) is 2. The summed E-state index contributed by atoms with van der Waals surface area (Å²) >= 11 is 12.1. The predicted molar refractivity (Wildman–Crippen MR) is 112 cm³/mol. The van der Waals surface area contributed by atoms with E-state index in [0.717, 1.165) is 42.3 Å². The van der Waals surface area contributed by atoms with E-state index in [2.05, 4.69) is 4.90 Å². The minimum atomic E-state index is 0.0860. The molecule has 1 fully saturated rings. The van der Waals surface area contributed by atoms with E-state index in [4.69, 9.17) is 32.7 Å². The first-order chi connectivity index (χ1) is 13.5. The molecule has 3 rings (SSSR count). The second-order valence-corrected chi connectivity index (χ2v) is 7.59. The fourth-order valence-electron chi connectivity index (χ4n) is 3.34. The minimum absolute atomic E-state index is 0.0860. The SMILES string of the molecule is COc1ccc(OC)c(CN2CCN(C(=O)Cc3ccc(Cl)cc3Cl)CC2)c1. The molecule has 1 aliphatic heterocycles. The zero-order valence-electron chi connectivity index (χ0n) is 16.1. The van der Waals surface area contributed by atoms with Crippen molar-refractivity contribution in [3.8, 4) is 11.5 Å². The van der Waals surface area contributed by atoms with E-state index in [1.807, 2.05) is 29.2 Å². The molecule has 0 aromatic heterocycles. The Bertz CT molecular complexity index is 836. The van der Waals surface area contributed by atoms with Crippen molar-refractivity contribution in [2.75, 3.05) is 40.4 Å². The number of ether oxygens (including phenoxy) is 2. The number of halogens is 2. The number of hydrogen-bond acceptors (Lipinski definition) is 4. The van der Waals surface area contributed by atoms with E-state index in [-0.39, 0.29) is 5.91 Å². The van der Waals surface area contributed by atoms with Crippen LogP contribution in [0.15, 0.2) is 36.4 Å². The third-order valence-corrected chi connectivity index (χ3v) is 5.55. The number of piperazine rings is 1. The van der Waals surface area contributed by atoms with Gasteiger partial charge in [-0.15, -0.1) is 0 Å². The summed E-state index contributed by atoms with van der Waals surface area (Å²) in [6.07, 6.45) is 0.291. The van der Waals surface area contributed by atoms with Gasteiger partial charge in [-0.2, -0.15) is 0 Å². The van der Waals surface area contributed by atoms with E-state index < -0.39 is 0 Å². The average molecular weight is 423 g/mol. The summed E-state index contributed by atoms with van der Waals surface area (Å²) in [7, 11) is 3.33. The van der Waals surface area contributed by atoms with Gasteiger partial charge < -0.3 is 14.4 Å². The van der Waals surface area contributed by atoms with Crippen molar-refractivity contribution in [2.24, 2.45) is 0 Å². The second kappa shape index (κ2) is 9.50. The number of carbonyl (C=O) groups excluding carboxylic acids is 1. The van der Waals surface area contributed by atoms with Crippen molar-refractivity contribution >= 4 is 29.1 Å². The predicted octanol–water partition coefficient (Wildman–Crippen LogP) is 3.90. The van der Waals surface area contributed by atoms with Crippen LogP contribution in [0.4, 0.5) is 0 Å². The van der Waals surface area contributed by atoms with Gasteiger partial charge in [0, 0.05) is 48.3 Å². The first-order valence-electron chi connectivity index (χ1n) is 9.15. The van der Waals surface area contributed by atoms with Crippen LogP contribution in [0.2, 0.25) is 10.0 Å². The smallest absolute Gasteiger partial charge is 0.227 e. The largest absolute Gasteiger partial charge is 0.497 e. The quantitative estimate of drug-likeness (QED) is 0.707. The van der Waals surface area contributed by atoms with E-state index in [1.165, 1.54) is 0 Å². The van der Waals surface area contributed by atoms with Crippen molar-refractivity contribution in [3.05, 3.63) is 57.6 Å². The van der Waals surface area contributed by atoms with Crippen molar-refractivity contribution in [3.63, 3.8) is 0 Å². The maximum atomic E-state index is 12.6. The van der Waals surface area contributed by atoms with Gasteiger partial charge in [-0.25, -0.2) is 0 Å². The van der Waals surface area contributed by atoms with Crippen molar-refractivity contribution < 1.29 is 14.3 Å². The molecule has 2 aromatic rings. The summed E-state index contributed by atoms with van der Waals surface area (Å²) in [5, 5.41) is 1.10. The molecular formula is C21H24Cl2N2O3. The highest BCUT2D eigenvalue weighted by molar-refractivity contribution is 6.35. The minimum Gasteiger partial charge on any atom is -0.497 e. The molecule has 0 radical (unpaired) electrons. The zero-order valence-corrected chi connectivity index (χ0v) is 17.6. The Kier molecular flexibility index (Phi) is 7.05. The molecule has 0 bridgehead atoms. The third kappa shape index (κ3) is 5.10. The molecule has 0 atom stereocenters. The van der Waals surface area contributed by atoms with Crippen molar-refractivity contribution in [1.29, 1.82) is 0 Å². The lowest BCUT2D eigenvalue weighted by Crippen LogP contribution is -2.48. The van der Waals surface area contributed by atoms with E-state index >= 15 is 0 Å². The van der Waals surface area contributed by atoms with E-state index in [0.29, 0.717) is 29.6 Å². The Balaban J connectivity index is 1.56. The van der Waals surface area contributed by atoms with E-state index in [1.54, 1.807) is 26.4 Å². The van der Waals surface area contributed by atoms with Crippen LogP contribution in [0, 0.1) is 0 Å². The molecule has 0 spiro atoms. The van der Waals surface area contributed by atoms with Gasteiger partial charge in [0.1, 0.15) is 11.5 Å². The molecule has 0 N–H and O–H groups in total. The summed E-state index contributed by atoms with van der Waals surface area (Å²) in [6.45, 7) is 3.75. The van der Waals surface area contributed by atoms with Gasteiger partial charge in [0.2, 0.25) is 5.91 Å². The number of methoxy groups -OCH3 is 2. The maximum Gasteiger partial charge on any atom is 0.227 e. The molecule has 0 saturated carbocycles. The second-order valence-electron chi connectivity index (χ2n) is 6.75. The van der Waals surface area contributed by atoms with Crippen LogP contribution in [0.5, 0.6) is 11.5 Å². The highest BCUT2D eigenvalue weighted by atomic mass is 35.5. The van der Waals surface area contributed by atoms with Gasteiger partial charge in [-0.05, 0) is 35.9 Å². The molecule has 0 aliphatic carbocycles. The Hall–Kier alpha value is -1.95. The summed E-state index contributed by atoms with van der Waals surface area (Å²) < 4.78 is 10.8. The highest BCUT2D eigenvalue weighted by Gasteiger charge is 2.22. The van der Waals surface area contributed by atoms with Crippen LogP contribution in [0.25, 0.3) is 0 Å². The van der Waals surface area contributed by atoms with Crippen molar-refractivity contribution in [2.45, 2.75) is 13.0 Å². The van der Waals surface area contributed by atoms with Crippen molar-refractivity contribution in [1.82, 2.24) is 9.80 Å². The number of rotatable bonds is 6. The van der Waals surface area contributed by atoms with Crippen LogP contribution in [0.3, 0.4) is 0 Å². The molecule has 0 unspecified atom stereocenters. The maximum absolute atomic E-state index is 12.6. The number of amides is 1. The first kappa shape index (κ1) is 20.8. The van der Waals surface area contributed by atoms with Gasteiger partial charge in [-0.1, -0.05) is 29.3 Å². The molecule has 5 nitrogen and oxygen atoms in total. The molecule has 1 aliphatic rings. The Morgan fingerprint density at radius 3 is 2.36 bits per heavy atom. The highest BCUT2D eigenvalue weighted by Crippen LogP contribution is 2.26. The van der Waals surface area contributed by atoms with E-state index in [9.17, 15) is 4.79 Å². The van der Waals surface area contributed by atoms with Gasteiger partial charge in [0.25, 0.3) is 0 Å². The number of hydrogen-bond donors (Lipinski definition) is 0. The molecule has 28 heavy (non-hydrogen) atoms. The summed E-state index contributed by atoms with van der Waals surface area (Å²) in [5.41, 5.74) is 1.88. The summed E-state index contributed by atoms with van der Waals surface area (Å²) in [5.74, 6) is 1.74. The van der Waals surface area contributed by atoms with Gasteiger partial charge in [0.15, 0.2) is 0 Å². The lowest BCUT2D eigenvalue weighted by molar-refractivity contribution is -0.132. The number of carbonyl (C=O) groups is 1. The fourth-order valence-corrected chi connectivity index (χ4v) is 3.82. The fraction of sp³-hybridized carbons (Fsp3) is 0.381. The molecule has 2 aromatic carbocycles. The average Bonchev–Trinajstić information content (AvgIpc) is 2.70. The standard InChI is InChI=1S/C21H24Cl2N2O3/c1-27-18-5-6-20(28-2)16(11-18)14-24-7-9-25(10-8-24)21(26)12-15-3-4-17(22)13-19(15)23/h3-6,11,13H,7-10,12,14H2,1-2H3. The first-order valence-corrected chi connectivity index (χ1v) is 9.90. The van der Waals surface area contributed by atoms with Gasteiger partial charge in [-0.3, -0.25) is 9.69 Å². The third-order valence-electron chi connectivity index (χ3n) is 4.96. The topological polar surface area (TPSA) is 42.0 Å². The van der Waals surface area contributed by atoms with Gasteiger partial charge >= 0.3 is 0 Å². The normalized spacial score (nSPS) is 14.8. The van der Waals surface area contributed by atoms with Crippen LogP contribution in [-0.4, -0.2) is 56.1 Å². The lowest BCUT2D eigenvalue weighted by atomic mass is 10.1.